The Kier molecular flexibility index (Phi) is 7.94. The first-order valence-corrected chi connectivity index (χ1v) is 11.8. The largest absolute Gasteiger partial charge is 0.378 e. The highest BCUT2D eigenvalue weighted by Gasteiger charge is 2.38. The fourth-order valence-corrected chi connectivity index (χ4v) is 5.80. The number of thioether (sulfide) groups is 1. The van der Waals surface area contributed by atoms with Gasteiger partial charge in [-0.3, -0.25) is 9.89 Å². The minimum absolute atomic E-state index is 0.346. The van der Waals surface area contributed by atoms with Crippen molar-refractivity contribution in [1.29, 1.82) is 0 Å². The topological polar surface area (TPSA) is 40.1 Å². The number of piperidine rings is 1. The van der Waals surface area contributed by atoms with Crippen molar-refractivity contribution >= 4 is 17.7 Å². The van der Waals surface area contributed by atoms with E-state index in [-0.39, 0.29) is 0 Å². The average molecular weight is 383 g/mol. The lowest BCUT2D eigenvalue weighted by molar-refractivity contribution is 0.0256. The van der Waals surface area contributed by atoms with Crippen molar-refractivity contribution in [2.75, 3.05) is 57.9 Å². The summed E-state index contributed by atoms with van der Waals surface area (Å²) in [7, 11) is 1.93. The Labute approximate surface area is 164 Å². The summed E-state index contributed by atoms with van der Waals surface area (Å²) in [4.78, 5) is 9.84. The van der Waals surface area contributed by atoms with Gasteiger partial charge in [0.1, 0.15) is 0 Å². The normalized spacial score (nSPS) is 26.1. The minimum Gasteiger partial charge on any atom is -0.378 e. The Bertz CT molecular complexity index is 439. The number of aliphatic imine (C=N–C) groups is 1. The Morgan fingerprint density at radius 2 is 1.81 bits per heavy atom. The maximum atomic E-state index is 5.80. The van der Waals surface area contributed by atoms with Crippen LogP contribution in [0.15, 0.2) is 4.99 Å². The molecule has 3 aliphatic rings. The Morgan fingerprint density at radius 1 is 1.12 bits per heavy atom. The van der Waals surface area contributed by atoms with Crippen molar-refractivity contribution < 1.29 is 4.74 Å². The maximum Gasteiger partial charge on any atom is 0.193 e. The molecule has 5 nitrogen and oxygen atoms in total. The number of ether oxygens (including phenoxy) is 1. The van der Waals surface area contributed by atoms with Crippen molar-refractivity contribution in [3.63, 3.8) is 0 Å². The molecule has 1 aliphatic carbocycles. The molecule has 2 saturated heterocycles. The van der Waals surface area contributed by atoms with Gasteiger partial charge in [-0.2, -0.15) is 11.8 Å². The molecule has 1 N–H and O–H groups in total. The number of rotatable bonds is 5. The third kappa shape index (κ3) is 5.08. The molecule has 0 radical (unpaired) electrons. The number of hydrogen-bond acceptors (Lipinski definition) is 4. The second-order valence-electron chi connectivity index (χ2n) is 7.93. The van der Waals surface area contributed by atoms with Gasteiger partial charge in [-0.05, 0) is 32.6 Å². The molecule has 26 heavy (non-hydrogen) atoms. The van der Waals surface area contributed by atoms with Gasteiger partial charge < -0.3 is 15.0 Å². The van der Waals surface area contributed by atoms with Crippen LogP contribution in [0.2, 0.25) is 0 Å². The van der Waals surface area contributed by atoms with Gasteiger partial charge in [0.15, 0.2) is 5.96 Å². The molecule has 2 heterocycles. The van der Waals surface area contributed by atoms with Gasteiger partial charge in [-0.15, -0.1) is 0 Å². The van der Waals surface area contributed by atoms with Crippen molar-refractivity contribution in [1.82, 2.24) is 15.1 Å². The lowest BCUT2D eigenvalue weighted by Gasteiger charge is -2.48. The zero-order valence-electron chi connectivity index (χ0n) is 16.8. The summed E-state index contributed by atoms with van der Waals surface area (Å²) in [6.45, 7) is 8.59. The van der Waals surface area contributed by atoms with E-state index in [9.17, 15) is 0 Å². The zero-order valence-corrected chi connectivity index (χ0v) is 17.7. The molecule has 0 atom stereocenters. The first-order chi connectivity index (χ1) is 12.8. The monoisotopic (exact) mass is 382 g/mol. The number of hydrogen-bond donors (Lipinski definition) is 1. The van der Waals surface area contributed by atoms with Gasteiger partial charge in [-0.1, -0.05) is 19.3 Å². The molecular formula is C20H38N4OS. The number of nitrogens with zero attached hydrogens (tertiary/aromatic N) is 3. The molecule has 3 fully saturated rings. The molecule has 0 bridgehead atoms. The molecule has 0 unspecified atom stereocenters. The summed E-state index contributed by atoms with van der Waals surface area (Å²) in [6, 6.07) is 0. The van der Waals surface area contributed by atoms with E-state index in [4.69, 9.17) is 4.74 Å². The van der Waals surface area contributed by atoms with Crippen LogP contribution in [0.4, 0.5) is 0 Å². The minimum atomic E-state index is 0.346. The van der Waals surface area contributed by atoms with E-state index in [1.165, 1.54) is 56.7 Å². The predicted octanol–water partition coefficient (Wildman–Crippen LogP) is 2.81. The van der Waals surface area contributed by atoms with Crippen LogP contribution in [0.25, 0.3) is 0 Å². The summed E-state index contributed by atoms with van der Waals surface area (Å²) in [5.74, 6) is 3.68. The van der Waals surface area contributed by atoms with Crippen molar-refractivity contribution in [2.45, 2.75) is 63.5 Å². The fraction of sp³-hybridized carbons (Fsp3) is 0.950. The molecule has 0 spiro atoms. The van der Waals surface area contributed by atoms with Gasteiger partial charge in [0.05, 0.1) is 6.10 Å². The molecule has 0 amide bonds. The fourth-order valence-electron chi connectivity index (χ4n) is 4.90. The predicted molar refractivity (Wildman–Crippen MR) is 112 cm³/mol. The van der Waals surface area contributed by atoms with E-state index in [1.54, 1.807) is 0 Å². The third-order valence-electron chi connectivity index (χ3n) is 6.40. The molecule has 0 aromatic carbocycles. The Morgan fingerprint density at radius 3 is 2.42 bits per heavy atom. The van der Waals surface area contributed by atoms with Gasteiger partial charge in [0.2, 0.25) is 0 Å². The molecule has 6 heteroatoms. The van der Waals surface area contributed by atoms with Crippen molar-refractivity contribution in [2.24, 2.45) is 4.99 Å². The van der Waals surface area contributed by atoms with Crippen LogP contribution in [0.3, 0.4) is 0 Å². The van der Waals surface area contributed by atoms with Crippen LogP contribution in [0, 0.1) is 0 Å². The number of nitrogens with one attached hydrogen (secondary N) is 1. The average Bonchev–Trinajstić information content (AvgIpc) is 2.71. The summed E-state index contributed by atoms with van der Waals surface area (Å²) in [5.41, 5.74) is 0.346. The molecule has 2 aliphatic heterocycles. The highest BCUT2D eigenvalue weighted by Crippen LogP contribution is 2.35. The number of guanidine groups is 1. The highest BCUT2D eigenvalue weighted by atomic mass is 32.2. The second-order valence-corrected chi connectivity index (χ2v) is 9.15. The van der Waals surface area contributed by atoms with Gasteiger partial charge in [-0.25, -0.2) is 0 Å². The van der Waals surface area contributed by atoms with Crippen LogP contribution in [-0.2, 0) is 4.74 Å². The van der Waals surface area contributed by atoms with E-state index in [1.807, 2.05) is 7.05 Å². The lowest BCUT2D eigenvalue weighted by Crippen LogP contribution is -2.60. The van der Waals surface area contributed by atoms with E-state index in [0.717, 1.165) is 45.0 Å². The summed E-state index contributed by atoms with van der Waals surface area (Å²) in [5, 5.41) is 3.78. The van der Waals surface area contributed by atoms with Gasteiger partial charge >= 0.3 is 0 Å². The highest BCUT2D eigenvalue weighted by molar-refractivity contribution is 7.99. The zero-order chi connectivity index (χ0) is 18.2. The van der Waals surface area contributed by atoms with Crippen LogP contribution < -0.4 is 5.32 Å². The van der Waals surface area contributed by atoms with Crippen LogP contribution in [-0.4, -0.2) is 85.3 Å². The van der Waals surface area contributed by atoms with E-state index in [2.05, 4.69) is 38.8 Å². The molecule has 150 valence electrons. The van der Waals surface area contributed by atoms with Crippen LogP contribution >= 0.6 is 11.8 Å². The SMILES string of the molecule is CCOC1CCN(C(=NC)NCC2(N3CCSCC3)CCCCC2)CC1. The van der Waals surface area contributed by atoms with E-state index in [0.29, 0.717) is 11.6 Å². The standard InChI is InChI=1S/C20H38N4OS/c1-3-25-18-7-11-23(12-8-18)19(21-2)22-17-20(9-5-4-6-10-20)24-13-15-26-16-14-24/h18H,3-17H2,1-2H3,(H,21,22). The first-order valence-electron chi connectivity index (χ1n) is 10.7. The molecule has 0 aromatic rings. The second kappa shape index (κ2) is 10.2. The van der Waals surface area contributed by atoms with Crippen LogP contribution in [0.1, 0.15) is 51.9 Å². The van der Waals surface area contributed by atoms with E-state index >= 15 is 0 Å². The number of likely N-dealkylation sites (tertiary alicyclic amines) is 1. The van der Waals surface area contributed by atoms with Gasteiger partial charge in [0, 0.05) is 63.4 Å². The summed E-state index contributed by atoms with van der Waals surface area (Å²) >= 11 is 2.11. The van der Waals surface area contributed by atoms with Crippen molar-refractivity contribution in [3.8, 4) is 0 Å². The smallest absolute Gasteiger partial charge is 0.193 e. The van der Waals surface area contributed by atoms with Gasteiger partial charge in [0.25, 0.3) is 0 Å². The van der Waals surface area contributed by atoms with E-state index < -0.39 is 0 Å². The lowest BCUT2D eigenvalue weighted by atomic mass is 9.80. The van der Waals surface area contributed by atoms with Crippen molar-refractivity contribution in [3.05, 3.63) is 0 Å². The maximum absolute atomic E-state index is 5.80. The third-order valence-corrected chi connectivity index (χ3v) is 7.34. The first kappa shape index (κ1) is 20.3. The molecule has 1 saturated carbocycles. The summed E-state index contributed by atoms with van der Waals surface area (Å²) in [6.07, 6.45) is 9.51. The molecular weight excluding hydrogens is 344 g/mol. The summed E-state index contributed by atoms with van der Waals surface area (Å²) < 4.78 is 5.80. The quantitative estimate of drug-likeness (QED) is 0.585. The Hall–Kier alpha value is -0.460. The molecule has 0 aromatic heterocycles. The van der Waals surface area contributed by atoms with Crippen LogP contribution in [0.5, 0.6) is 0 Å². The molecule has 3 rings (SSSR count). The Balaban J connectivity index is 1.57.